The summed E-state index contributed by atoms with van der Waals surface area (Å²) in [4.78, 5) is 2.79. The molecule has 0 spiro atoms. The van der Waals surface area contributed by atoms with Gasteiger partial charge in [-0.05, 0) is 35.7 Å². The highest BCUT2D eigenvalue weighted by atomic mass is 32.2. The highest BCUT2D eigenvalue weighted by Crippen LogP contribution is 2.42. The quantitative estimate of drug-likeness (QED) is 0.327. The van der Waals surface area contributed by atoms with Gasteiger partial charge in [0.15, 0.2) is 0 Å². The maximum Gasteiger partial charge on any atom is 0.243 e. The molecule has 1 heterocycles. The molecule has 39 heavy (non-hydrogen) atoms. The van der Waals surface area contributed by atoms with E-state index in [-0.39, 0.29) is 7.43 Å². The van der Waals surface area contributed by atoms with Crippen LogP contribution in [0.4, 0.5) is 0 Å². The van der Waals surface area contributed by atoms with Gasteiger partial charge in [-0.1, -0.05) is 116 Å². The summed E-state index contributed by atoms with van der Waals surface area (Å²) in [5.74, 6) is 0. The molecule has 4 aromatic carbocycles. The summed E-state index contributed by atoms with van der Waals surface area (Å²) < 4.78 is 29.1. The van der Waals surface area contributed by atoms with Crippen molar-refractivity contribution in [1.82, 2.24) is 14.5 Å². The molecule has 0 saturated carbocycles. The number of hydrogen-bond acceptors (Lipinski definition) is 4. The van der Waals surface area contributed by atoms with Crippen LogP contribution in [0.15, 0.2) is 120 Å². The molecule has 0 unspecified atom stereocenters. The van der Waals surface area contributed by atoms with Gasteiger partial charge in [-0.3, -0.25) is 4.90 Å². The average molecular weight is 542 g/mol. The molecule has 1 fully saturated rings. The van der Waals surface area contributed by atoms with Crippen molar-refractivity contribution in [3.8, 4) is 0 Å². The van der Waals surface area contributed by atoms with Crippen LogP contribution in [0.1, 0.15) is 29.7 Å². The molecular weight excluding hydrogens is 502 g/mol. The van der Waals surface area contributed by atoms with E-state index in [2.05, 4.69) is 83.0 Å². The molecule has 1 saturated heterocycles. The maximum atomic E-state index is 13.7. The van der Waals surface area contributed by atoms with E-state index < -0.39 is 15.6 Å². The molecule has 0 radical (unpaired) electrons. The van der Waals surface area contributed by atoms with Crippen LogP contribution in [0.3, 0.4) is 0 Å². The van der Waals surface area contributed by atoms with E-state index in [0.717, 1.165) is 35.3 Å². The van der Waals surface area contributed by atoms with Crippen molar-refractivity contribution in [1.29, 1.82) is 0 Å². The lowest BCUT2D eigenvalue weighted by atomic mass is 9.75. The second-order valence-corrected chi connectivity index (χ2v) is 11.7. The van der Waals surface area contributed by atoms with Crippen LogP contribution in [-0.2, 0) is 15.6 Å². The average Bonchev–Trinajstić information content (AvgIpc) is 3.09. The summed E-state index contributed by atoms with van der Waals surface area (Å²) >= 11 is 0. The molecule has 1 aliphatic heterocycles. The van der Waals surface area contributed by atoms with Gasteiger partial charge >= 0.3 is 0 Å². The van der Waals surface area contributed by atoms with E-state index in [1.807, 2.05) is 37.3 Å². The Hall–Kier alpha value is -3.29. The van der Waals surface area contributed by atoms with Gasteiger partial charge in [0.1, 0.15) is 0 Å². The second kappa shape index (κ2) is 12.7. The Balaban J connectivity index is 0.00000353. The van der Waals surface area contributed by atoms with Crippen LogP contribution < -0.4 is 5.32 Å². The van der Waals surface area contributed by atoms with Gasteiger partial charge < -0.3 is 5.32 Å². The van der Waals surface area contributed by atoms with Crippen molar-refractivity contribution in [3.05, 3.63) is 138 Å². The lowest BCUT2D eigenvalue weighted by Gasteiger charge is -2.46. The maximum absolute atomic E-state index is 13.7. The Bertz CT molecular complexity index is 1310. The van der Waals surface area contributed by atoms with Crippen LogP contribution in [0.25, 0.3) is 0 Å². The lowest BCUT2D eigenvalue weighted by Crippen LogP contribution is -2.52. The van der Waals surface area contributed by atoms with Crippen LogP contribution in [0.2, 0.25) is 0 Å². The Morgan fingerprint density at radius 2 is 1.08 bits per heavy atom. The largest absolute Gasteiger partial charge is 0.314 e. The van der Waals surface area contributed by atoms with Gasteiger partial charge in [-0.25, -0.2) is 8.42 Å². The predicted molar refractivity (Wildman–Crippen MR) is 160 cm³/mol. The molecule has 6 heteroatoms. The van der Waals surface area contributed by atoms with Crippen molar-refractivity contribution in [2.45, 2.75) is 24.8 Å². The number of hydrogen-bond donors (Lipinski definition) is 1. The monoisotopic (exact) mass is 541 g/mol. The molecule has 0 aromatic heterocycles. The zero-order valence-electron chi connectivity index (χ0n) is 21.8. The molecule has 0 aliphatic carbocycles. The number of rotatable bonds is 6. The van der Waals surface area contributed by atoms with Crippen molar-refractivity contribution in [2.24, 2.45) is 0 Å². The Morgan fingerprint density at radius 3 is 1.56 bits per heavy atom. The molecule has 5 rings (SSSR count). The normalized spacial score (nSPS) is 15.9. The first-order chi connectivity index (χ1) is 18.5. The third-order valence-electron chi connectivity index (χ3n) is 7.42. The first-order valence-corrected chi connectivity index (χ1v) is 14.7. The standard InChI is InChI=1S/C32H35N3O2S.CH4/c1-27-17-19-31(20-18-27)38(36,37)35-24-22-33-21-23-34(25-26-35)32(28-11-5-2-6-12-28,29-13-7-3-8-14-29)30-15-9-4-10-16-30;/h2-20,33H,21-26H2,1H3;1H4. The summed E-state index contributed by atoms with van der Waals surface area (Å²) in [5, 5.41) is 3.50. The summed E-state index contributed by atoms with van der Waals surface area (Å²) in [5.41, 5.74) is 3.92. The smallest absolute Gasteiger partial charge is 0.243 e. The van der Waals surface area contributed by atoms with Crippen LogP contribution in [0, 0.1) is 6.92 Å². The van der Waals surface area contributed by atoms with Gasteiger partial charge in [-0.2, -0.15) is 4.31 Å². The van der Waals surface area contributed by atoms with Crippen LogP contribution in [0.5, 0.6) is 0 Å². The number of nitrogens with zero attached hydrogens (tertiary/aromatic N) is 2. The minimum atomic E-state index is -3.63. The molecule has 204 valence electrons. The summed E-state index contributed by atoms with van der Waals surface area (Å²) in [6.07, 6.45) is 0. The Labute approximate surface area is 234 Å². The third kappa shape index (κ3) is 5.85. The van der Waals surface area contributed by atoms with Crippen LogP contribution >= 0.6 is 0 Å². The van der Waals surface area contributed by atoms with Gasteiger partial charge in [0.05, 0.1) is 10.4 Å². The fourth-order valence-corrected chi connectivity index (χ4v) is 6.95. The van der Waals surface area contributed by atoms with Crippen LogP contribution in [-0.4, -0.2) is 56.9 Å². The molecule has 1 aliphatic rings. The molecule has 0 amide bonds. The van der Waals surface area contributed by atoms with E-state index in [4.69, 9.17) is 0 Å². The highest BCUT2D eigenvalue weighted by Gasteiger charge is 2.42. The fourth-order valence-electron chi connectivity index (χ4n) is 5.52. The second-order valence-electron chi connectivity index (χ2n) is 9.76. The summed E-state index contributed by atoms with van der Waals surface area (Å²) in [6.45, 7) is 5.49. The minimum absolute atomic E-state index is 0. The first kappa shape index (κ1) is 28.7. The topological polar surface area (TPSA) is 52.7 Å². The third-order valence-corrected chi connectivity index (χ3v) is 9.34. The minimum Gasteiger partial charge on any atom is -0.314 e. The molecule has 1 N–H and O–H groups in total. The molecule has 5 nitrogen and oxygen atoms in total. The lowest BCUT2D eigenvalue weighted by molar-refractivity contribution is 0.154. The van der Waals surface area contributed by atoms with E-state index in [1.165, 1.54) is 0 Å². The van der Waals surface area contributed by atoms with Gasteiger partial charge in [0.2, 0.25) is 10.0 Å². The Kier molecular flexibility index (Phi) is 9.36. The predicted octanol–water partition coefficient (Wildman–Crippen LogP) is 5.52. The first-order valence-electron chi connectivity index (χ1n) is 13.2. The SMILES string of the molecule is C.Cc1ccc(S(=O)(=O)N2CCNCCN(C(c3ccccc3)(c3ccccc3)c3ccccc3)CC2)cc1. The number of aryl methyl sites for hydroxylation is 1. The Morgan fingerprint density at radius 1 is 0.615 bits per heavy atom. The summed E-state index contributed by atoms with van der Waals surface area (Å²) in [6, 6.07) is 38.9. The van der Waals surface area contributed by atoms with Crippen molar-refractivity contribution >= 4 is 10.0 Å². The fraction of sp³-hybridized carbons (Fsp3) is 0.273. The van der Waals surface area contributed by atoms with Crippen molar-refractivity contribution in [3.63, 3.8) is 0 Å². The van der Waals surface area contributed by atoms with E-state index in [1.54, 1.807) is 16.4 Å². The van der Waals surface area contributed by atoms with Gasteiger partial charge in [0, 0.05) is 39.3 Å². The summed E-state index contributed by atoms with van der Waals surface area (Å²) in [7, 11) is -3.63. The number of sulfonamides is 1. The van der Waals surface area contributed by atoms with Crippen molar-refractivity contribution in [2.75, 3.05) is 39.3 Å². The number of benzene rings is 4. The van der Waals surface area contributed by atoms with E-state index in [0.29, 0.717) is 31.1 Å². The molecular formula is C33H39N3O2S. The van der Waals surface area contributed by atoms with Gasteiger partial charge in [0.25, 0.3) is 0 Å². The zero-order valence-corrected chi connectivity index (χ0v) is 22.6. The zero-order chi connectivity index (χ0) is 26.4. The van der Waals surface area contributed by atoms with E-state index >= 15 is 0 Å². The van der Waals surface area contributed by atoms with E-state index in [9.17, 15) is 8.42 Å². The van der Waals surface area contributed by atoms with Crippen molar-refractivity contribution < 1.29 is 8.42 Å². The van der Waals surface area contributed by atoms with Gasteiger partial charge in [-0.15, -0.1) is 0 Å². The molecule has 0 atom stereocenters. The molecule has 0 bridgehead atoms. The molecule has 4 aromatic rings. The highest BCUT2D eigenvalue weighted by molar-refractivity contribution is 7.89. The number of nitrogens with one attached hydrogen (secondary N) is 1.